The van der Waals surface area contributed by atoms with Crippen molar-refractivity contribution in [2.45, 2.75) is 31.7 Å². The van der Waals surface area contributed by atoms with Gasteiger partial charge in [-0.05, 0) is 49.9 Å². The first-order valence-electron chi connectivity index (χ1n) is 9.08. The van der Waals surface area contributed by atoms with E-state index in [-0.39, 0.29) is 5.91 Å². The number of nitrogens with zero attached hydrogens (tertiary/aromatic N) is 1. The van der Waals surface area contributed by atoms with E-state index < -0.39 is 6.67 Å². The van der Waals surface area contributed by atoms with E-state index in [4.69, 9.17) is 9.47 Å². The van der Waals surface area contributed by atoms with Crippen LogP contribution in [0.2, 0.25) is 0 Å². The summed E-state index contributed by atoms with van der Waals surface area (Å²) >= 11 is 0. The summed E-state index contributed by atoms with van der Waals surface area (Å²) in [7, 11) is 3.04. The molecule has 0 unspecified atom stereocenters. The highest BCUT2D eigenvalue weighted by Gasteiger charge is 2.25. The summed E-state index contributed by atoms with van der Waals surface area (Å²) in [4.78, 5) is 15.1. The number of hydrogen-bond acceptors (Lipinski definition) is 4. The third kappa shape index (κ3) is 4.97. The van der Waals surface area contributed by atoms with Crippen LogP contribution in [0.25, 0.3) is 0 Å². The van der Waals surface area contributed by atoms with Gasteiger partial charge in [-0.2, -0.15) is 0 Å². The summed E-state index contributed by atoms with van der Waals surface area (Å²) < 4.78 is 23.3. The third-order valence-corrected chi connectivity index (χ3v) is 4.74. The van der Waals surface area contributed by atoms with Gasteiger partial charge in [0.1, 0.15) is 0 Å². The van der Waals surface area contributed by atoms with Gasteiger partial charge in [0, 0.05) is 19.1 Å². The number of carbonyl (C=O) groups is 1. The molecule has 1 atom stereocenters. The lowest BCUT2D eigenvalue weighted by atomic mass is 10.0. The molecule has 6 heteroatoms. The second-order valence-electron chi connectivity index (χ2n) is 6.46. The number of hydrogen-bond donors (Lipinski definition) is 1. The van der Waals surface area contributed by atoms with Gasteiger partial charge in [-0.3, -0.25) is 14.1 Å². The molecule has 1 aromatic rings. The molecule has 1 aliphatic rings. The molecule has 0 spiro atoms. The van der Waals surface area contributed by atoms with Crippen molar-refractivity contribution in [2.75, 3.05) is 40.5 Å². The lowest BCUT2D eigenvalue weighted by molar-refractivity contribution is 0.0938. The summed E-state index contributed by atoms with van der Waals surface area (Å²) in [6, 6.07) is 3.89. The van der Waals surface area contributed by atoms with Gasteiger partial charge in [-0.25, -0.2) is 0 Å². The highest BCUT2D eigenvalue weighted by atomic mass is 19.1. The number of amides is 1. The number of carbonyl (C=O) groups excluding carboxylic acids is 1. The average Bonchev–Trinajstić information content (AvgIpc) is 3.10. The van der Waals surface area contributed by atoms with Gasteiger partial charge in [0.2, 0.25) is 0 Å². The van der Waals surface area contributed by atoms with E-state index >= 15 is 0 Å². The van der Waals surface area contributed by atoms with Crippen LogP contribution in [0.15, 0.2) is 24.8 Å². The van der Waals surface area contributed by atoms with Crippen LogP contribution in [0.5, 0.6) is 11.5 Å². The van der Waals surface area contributed by atoms with Crippen molar-refractivity contribution in [2.24, 2.45) is 0 Å². The van der Waals surface area contributed by atoms with Crippen LogP contribution < -0.4 is 14.8 Å². The Bertz CT molecular complexity index is 621. The maximum atomic E-state index is 12.8. The van der Waals surface area contributed by atoms with Crippen LogP contribution in [0.1, 0.15) is 35.2 Å². The first-order valence-corrected chi connectivity index (χ1v) is 9.08. The monoisotopic (exact) mass is 364 g/mol. The summed E-state index contributed by atoms with van der Waals surface area (Å²) in [6.07, 6.45) is 5.04. The molecule has 1 amide bonds. The second-order valence-corrected chi connectivity index (χ2v) is 6.46. The largest absolute Gasteiger partial charge is 0.493 e. The fourth-order valence-electron chi connectivity index (χ4n) is 3.44. The van der Waals surface area contributed by atoms with Gasteiger partial charge in [0.25, 0.3) is 5.91 Å². The first-order chi connectivity index (χ1) is 12.6. The Morgan fingerprint density at radius 3 is 2.88 bits per heavy atom. The lowest BCUT2D eigenvalue weighted by Crippen LogP contribution is -2.40. The zero-order valence-corrected chi connectivity index (χ0v) is 15.7. The predicted octanol–water partition coefficient (Wildman–Crippen LogP) is 2.99. The minimum atomic E-state index is -0.392. The molecule has 1 fully saturated rings. The van der Waals surface area contributed by atoms with Crippen molar-refractivity contribution >= 4 is 5.91 Å². The Balaban J connectivity index is 2.14. The van der Waals surface area contributed by atoms with Crippen molar-refractivity contribution in [3.05, 3.63) is 35.9 Å². The van der Waals surface area contributed by atoms with E-state index in [1.807, 2.05) is 6.08 Å². The number of nitrogens with one attached hydrogen (secondary N) is 1. The zero-order valence-electron chi connectivity index (χ0n) is 15.7. The topological polar surface area (TPSA) is 50.8 Å². The van der Waals surface area contributed by atoms with Crippen LogP contribution in [0.4, 0.5) is 4.39 Å². The SMILES string of the molecule is C=CCN1CCC[C@@H]1CNC(=O)c1cc(CCCF)cc(OC)c1OC. The predicted molar refractivity (Wildman–Crippen MR) is 101 cm³/mol. The normalized spacial score (nSPS) is 17.1. The Morgan fingerprint density at radius 2 is 2.23 bits per heavy atom. The van der Waals surface area contributed by atoms with E-state index in [0.717, 1.165) is 31.5 Å². The fourth-order valence-corrected chi connectivity index (χ4v) is 3.44. The highest BCUT2D eigenvalue weighted by Crippen LogP contribution is 2.33. The average molecular weight is 364 g/mol. The molecule has 0 saturated carbocycles. The standard InChI is InChI=1S/C20H29FN2O3/c1-4-10-23-11-6-8-16(23)14-22-20(24)17-12-15(7-5-9-21)13-18(25-2)19(17)26-3/h4,12-13,16H,1,5-11,14H2,2-3H3,(H,22,24)/t16-/m1/s1. The third-order valence-electron chi connectivity index (χ3n) is 4.74. The van der Waals surface area contributed by atoms with Crippen molar-refractivity contribution in [3.63, 3.8) is 0 Å². The van der Waals surface area contributed by atoms with E-state index in [1.165, 1.54) is 14.2 Å². The molecular weight excluding hydrogens is 335 g/mol. The molecule has 1 aliphatic heterocycles. The number of aryl methyl sites for hydroxylation is 1. The molecule has 0 aromatic heterocycles. The molecule has 0 aliphatic carbocycles. The molecule has 1 saturated heterocycles. The number of methoxy groups -OCH3 is 2. The molecule has 0 radical (unpaired) electrons. The number of rotatable bonds is 10. The maximum Gasteiger partial charge on any atom is 0.255 e. The van der Waals surface area contributed by atoms with Crippen LogP contribution in [-0.4, -0.2) is 57.4 Å². The van der Waals surface area contributed by atoms with Crippen molar-refractivity contribution < 1.29 is 18.7 Å². The number of ether oxygens (including phenoxy) is 2. The summed E-state index contributed by atoms with van der Waals surface area (Å²) in [5.74, 6) is 0.694. The highest BCUT2D eigenvalue weighted by molar-refractivity contribution is 5.98. The van der Waals surface area contributed by atoms with Gasteiger partial charge in [0.05, 0.1) is 26.5 Å². The molecule has 26 heavy (non-hydrogen) atoms. The van der Waals surface area contributed by atoms with E-state index in [0.29, 0.717) is 42.5 Å². The minimum absolute atomic E-state index is 0.201. The van der Waals surface area contributed by atoms with Crippen molar-refractivity contribution in [3.8, 4) is 11.5 Å². The molecule has 2 rings (SSSR count). The van der Waals surface area contributed by atoms with Crippen molar-refractivity contribution in [1.82, 2.24) is 10.2 Å². The van der Waals surface area contributed by atoms with E-state index in [9.17, 15) is 9.18 Å². The van der Waals surface area contributed by atoms with E-state index in [1.54, 1.807) is 12.1 Å². The molecule has 1 heterocycles. The van der Waals surface area contributed by atoms with Crippen LogP contribution in [0, 0.1) is 0 Å². The molecular formula is C20H29FN2O3. The smallest absolute Gasteiger partial charge is 0.255 e. The first kappa shape index (κ1) is 20.2. The van der Waals surface area contributed by atoms with E-state index in [2.05, 4.69) is 16.8 Å². The molecule has 5 nitrogen and oxygen atoms in total. The number of halogens is 1. The van der Waals surface area contributed by atoms with Gasteiger partial charge >= 0.3 is 0 Å². The fraction of sp³-hybridized carbons (Fsp3) is 0.550. The van der Waals surface area contributed by atoms with Gasteiger partial charge < -0.3 is 14.8 Å². The second kappa shape index (κ2) is 10.2. The number of benzene rings is 1. The Kier molecular flexibility index (Phi) is 7.91. The van der Waals surface area contributed by atoms with Crippen LogP contribution in [0.3, 0.4) is 0 Å². The maximum absolute atomic E-state index is 12.8. The van der Waals surface area contributed by atoms with Gasteiger partial charge in [0.15, 0.2) is 11.5 Å². The number of alkyl halides is 1. The zero-order chi connectivity index (χ0) is 18.9. The minimum Gasteiger partial charge on any atom is -0.493 e. The summed E-state index contributed by atoms with van der Waals surface area (Å²) in [6.45, 7) is 5.84. The molecule has 144 valence electrons. The van der Waals surface area contributed by atoms with Gasteiger partial charge in [-0.1, -0.05) is 6.08 Å². The lowest BCUT2D eigenvalue weighted by Gasteiger charge is -2.23. The number of likely N-dealkylation sites (tertiary alicyclic amines) is 1. The van der Waals surface area contributed by atoms with Gasteiger partial charge in [-0.15, -0.1) is 6.58 Å². The summed E-state index contributed by atoms with van der Waals surface area (Å²) in [5, 5.41) is 3.01. The Morgan fingerprint density at radius 1 is 1.42 bits per heavy atom. The summed E-state index contributed by atoms with van der Waals surface area (Å²) in [5.41, 5.74) is 1.29. The van der Waals surface area contributed by atoms with Crippen molar-refractivity contribution in [1.29, 1.82) is 0 Å². The quantitative estimate of drug-likeness (QED) is 0.649. The van der Waals surface area contributed by atoms with Crippen LogP contribution >= 0.6 is 0 Å². The molecule has 1 N–H and O–H groups in total. The Labute approximate surface area is 155 Å². The molecule has 0 bridgehead atoms. The Hall–Kier alpha value is -2.08. The molecule has 1 aromatic carbocycles. The van der Waals surface area contributed by atoms with Crippen LogP contribution in [-0.2, 0) is 6.42 Å².